The van der Waals surface area contributed by atoms with Crippen LogP contribution < -0.4 is 10.6 Å². The normalized spacial score (nSPS) is 40.2. The van der Waals surface area contributed by atoms with Crippen LogP contribution in [0.3, 0.4) is 0 Å². The van der Waals surface area contributed by atoms with Crippen molar-refractivity contribution in [1.29, 1.82) is 0 Å². The van der Waals surface area contributed by atoms with E-state index in [0.717, 1.165) is 18.6 Å². The predicted molar refractivity (Wildman–Crippen MR) is 106 cm³/mol. The molecular weight excluding hydrogens is 324 g/mol. The molecule has 0 aromatic heterocycles. The van der Waals surface area contributed by atoms with Crippen molar-refractivity contribution in [1.82, 2.24) is 10.6 Å². The number of rotatable bonds is 0. The van der Waals surface area contributed by atoms with Crippen LogP contribution in [0.25, 0.3) is 0 Å². The second-order valence-corrected chi connectivity index (χ2v) is 11.0. The Morgan fingerprint density at radius 1 is 0.885 bits per heavy atom. The minimum absolute atomic E-state index is 0.0823. The van der Waals surface area contributed by atoms with Crippen molar-refractivity contribution in [2.24, 2.45) is 11.8 Å². The zero-order valence-electron chi connectivity index (χ0n) is 18.4. The maximum Gasteiger partial charge on any atom is 0.184 e. The Bertz CT molecular complexity index is 672. The first-order chi connectivity index (χ1) is 11.6. The van der Waals surface area contributed by atoms with Crippen molar-refractivity contribution in [3.8, 4) is 0 Å². The molecule has 2 N–H and O–H groups in total. The van der Waals surface area contributed by atoms with Gasteiger partial charge in [-0.05, 0) is 67.4 Å². The van der Waals surface area contributed by atoms with Crippen LogP contribution in [0.5, 0.6) is 0 Å². The molecule has 0 aromatic carbocycles. The first kappa shape index (κ1) is 19.9. The summed E-state index contributed by atoms with van der Waals surface area (Å²) < 4.78 is 6.82. The topological polar surface area (TPSA) is 50.4 Å². The summed E-state index contributed by atoms with van der Waals surface area (Å²) >= 11 is 0. The van der Waals surface area contributed by atoms with Crippen LogP contribution in [-0.4, -0.2) is 33.5 Å². The highest BCUT2D eigenvalue weighted by Crippen LogP contribution is 2.52. The fourth-order valence-electron chi connectivity index (χ4n) is 5.63. The van der Waals surface area contributed by atoms with Crippen LogP contribution in [0.2, 0.25) is 0 Å². The van der Waals surface area contributed by atoms with Gasteiger partial charge in [-0.3, -0.25) is 4.79 Å². The number of ketones is 1. The summed E-state index contributed by atoms with van der Waals surface area (Å²) in [6, 6.07) is 0. The Labute approximate surface area is 159 Å². The lowest BCUT2D eigenvalue weighted by molar-refractivity contribution is -0.175. The van der Waals surface area contributed by atoms with Crippen LogP contribution >= 0.6 is 0 Å². The van der Waals surface area contributed by atoms with Crippen molar-refractivity contribution < 1.29 is 9.53 Å². The number of carbonyl (C=O) groups is 1. The van der Waals surface area contributed by atoms with E-state index < -0.39 is 11.1 Å². The Hall–Kier alpha value is -0.870. The van der Waals surface area contributed by atoms with Gasteiger partial charge in [0.25, 0.3) is 0 Å². The molecule has 1 fully saturated rings. The fourth-order valence-corrected chi connectivity index (χ4v) is 5.63. The maximum absolute atomic E-state index is 13.6. The SMILES string of the molecule is C[C@@H]1C(=O)[C@@]2(CCC3=C(O2)[C@H](C)C(C)(C)NC3(C)C)C(C)(C)NC1(C)C. The summed E-state index contributed by atoms with van der Waals surface area (Å²) in [5.74, 6) is 1.42. The smallest absolute Gasteiger partial charge is 0.184 e. The second kappa shape index (κ2) is 5.35. The zero-order chi connectivity index (χ0) is 19.9. The van der Waals surface area contributed by atoms with Crippen LogP contribution in [0.15, 0.2) is 11.3 Å². The number of hydrogen-bond acceptors (Lipinski definition) is 4. The molecule has 0 radical (unpaired) electrons. The molecule has 4 nitrogen and oxygen atoms in total. The molecule has 3 rings (SSSR count). The number of carbonyl (C=O) groups excluding carboxylic acids is 1. The quantitative estimate of drug-likeness (QED) is 0.685. The molecule has 3 atom stereocenters. The summed E-state index contributed by atoms with van der Waals surface area (Å²) in [7, 11) is 0. The summed E-state index contributed by atoms with van der Waals surface area (Å²) in [6.45, 7) is 21.7. The highest BCUT2D eigenvalue weighted by Gasteiger charge is 2.64. The lowest BCUT2D eigenvalue weighted by atomic mass is 9.61. The van der Waals surface area contributed by atoms with Gasteiger partial charge < -0.3 is 15.4 Å². The molecule has 3 aliphatic rings. The average Bonchev–Trinajstić information content (AvgIpc) is 2.47. The van der Waals surface area contributed by atoms with Crippen LogP contribution in [0.1, 0.15) is 82.1 Å². The molecule has 1 spiro atoms. The average molecular weight is 363 g/mol. The summed E-state index contributed by atoms with van der Waals surface area (Å²) in [5.41, 5.74) is -0.317. The maximum atomic E-state index is 13.6. The lowest BCUT2D eigenvalue weighted by Gasteiger charge is -2.60. The molecule has 0 unspecified atom stereocenters. The van der Waals surface area contributed by atoms with Gasteiger partial charge in [-0.1, -0.05) is 13.8 Å². The van der Waals surface area contributed by atoms with Crippen molar-refractivity contribution in [2.45, 2.75) is 110 Å². The number of nitrogens with one attached hydrogen (secondary N) is 2. The Morgan fingerprint density at radius 3 is 2.00 bits per heavy atom. The van der Waals surface area contributed by atoms with Gasteiger partial charge in [-0.2, -0.15) is 0 Å². The fraction of sp³-hybridized carbons (Fsp3) is 0.864. The molecule has 4 heteroatoms. The summed E-state index contributed by atoms with van der Waals surface area (Å²) in [4.78, 5) is 13.6. The van der Waals surface area contributed by atoms with Gasteiger partial charge in [0.2, 0.25) is 0 Å². The third kappa shape index (κ3) is 2.51. The third-order valence-corrected chi connectivity index (χ3v) is 7.69. The molecule has 0 aromatic rings. The van der Waals surface area contributed by atoms with Crippen molar-refractivity contribution in [3.05, 3.63) is 11.3 Å². The highest BCUT2D eigenvalue weighted by atomic mass is 16.5. The van der Waals surface area contributed by atoms with Crippen molar-refractivity contribution in [2.75, 3.05) is 0 Å². The van der Waals surface area contributed by atoms with E-state index in [2.05, 4.69) is 72.9 Å². The Morgan fingerprint density at radius 2 is 1.42 bits per heavy atom. The van der Waals surface area contributed by atoms with E-state index in [-0.39, 0.29) is 34.2 Å². The van der Waals surface area contributed by atoms with Gasteiger partial charge in [0.05, 0.1) is 5.54 Å². The van der Waals surface area contributed by atoms with E-state index >= 15 is 0 Å². The standard InChI is InChI=1S/C22H38N2O2/c1-13-16-15(20(7,8)23-18(13,3)4)11-12-22(26-16)17(25)14(2)19(5,6)24-21(22,9)10/h13-14,23-24H,11-12H2,1-10H3/t13-,14+,22-/m0/s1. The van der Waals surface area contributed by atoms with E-state index in [9.17, 15) is 4.79 Å². The molecule has 3 heterocycles. The third-order valence-electron chi connectivity index (χ3n) is 7.69. The van der Waals surface area contributed by atoms with Crippen LogP contribution in [-0.2, 0) is 9.53 Å². The van der Waals surface area contributed by atoms with E-state index in [1.165, 1.54) is 5.57 Å². The van der Waals surface area contributed by atoms with Gasteiger partial charge in [0.1, 0.15) is 5.76 Å². The lowest BCUT2D eigenvalue weighted by Crippen LogP contribution is -2.77. The number of piperidine rings is 1. The minimum Gasteiger partial charge on any atom is -0.482 e. The van der Waals surface area contributed by atoms with Gasteiger partial charge in [-0.15, -0.1) is 0 Å². The first-order valence-electron chi connectivity index (χ1n) is 10.1. The number of hydrogen-bond donors (Lipinski definition) is 2. The number of ether oxygens (including phenoxy) is 1. The van der Waals surface area contributed by atoms with Crippen LogP contribution in [0, 0.1) is 11.8 Å². The second-order valence-electron chi connectivity index (χ2n) is 11.0. The molecule has 26 heavy (non-hydrogen) atoms. The number of Topliss-reactive ketones (excluding diaryl/α,β-unsaturated/α-hetero) is 1. The molecule has 0 saturated carbocycles. The monoisotopic (exact) mass is 362 g/mol. The van der Waals surface area contributed by atoms with Gasteiger partial charge in [0, 0.05) is 34.9 Å². The molecule has 0 aliphatic carbocycles. The molecule has 3 aliphatic heterocycles. The van der Waals surface area contributed by atoms with E-state index in [4.69, 9.17) is 4.74 Å². The van der Waals surface area contributed by atoms with Gasteiger partial charge >= 0.3 is 0 Å². The summed E-state index contributed by atoms with van der Waals surface area (Å²) in [5, 5.41) is 7.53. The molecule has 0 amide bonds. The predicted octanol–water partition coefficient (Wildman–Crippen LogP) is 3.95. The van der Waals surface area contributed by atoms with Gasteiger partial charge in [0.15, 0.2) is 11.4 Å². The van der Waals surface area contributed by atoms with E-state index in [1.807, 2.05) is 6.92 Å². The molecule has 0 bridgehead atoms. The molecule has 148 valence electrons. The van der Waals surface area contributed by atoms with Crippen LogP contribution in [0.4, 0.5) is 0 Å². The minimum atomic E-state index is -0.793. The van der Waals surface area contributed by atoms with Crippen molar-refractivity contribution in [3.63, 3.8) is 0 Å². The first-order valence-corrected chi connectivity index (χ1v) is 10.1. The summed E-state index contributed by atoms with van der Waals surface area (Å²) in [6.07, 6.45) is 1.64. The highest BCUT2D eigenvalue weighted by molar-refractivity contribution is 5.93. The van der Waals surface area contributed by atoms with E-state index in [1.54, 1.807) is 0 Å². The molecular formula is C22H38N2O2. The zero-order valence-corrected chi connectivity index (χ0v) is 18.4. The Kier molecular flexibility index (Phi) is 4.09. The van der Waals surface area contributed by atoms with E-state index in [0.29, 0.717) is 0 Å². The Balaban J connectivity index is 2.11. The van der Waals surface area contributed by atoms with Gasteiger partial charge in [-0.25, -0.2) is 0 Å². The van der Waals surface area contributed by atoms with Crippen molar-refractivity contribution >= 4 is 5.78 Å². The molecule has 1 saturated heterocycles. The largest absolute Gasteiger partial charge is 0.482 e.